The number of amides is 1. The molecular weight excluding hydrogens is 596 g/mol. The first-order valence-corrected chi connectivity index (χ1v) is 17.3. The number of carbonyl (C=O) groups is 2. The van der Waals surface area contributed by atoms with Gasteiger partial charge in [-0.3, -0.25) is 4.79 Å². The van der Waals surface area contributed by atoms with Gasteiger partial charge in [-0.25, -0.2) is 14.8 Å². The highest BCUT2D eigenvalue weighted by Gasteiger charge is 2.30. The molecular formula is C37H40N4O4S. The molecule has 0 atom stereocenters. The Labute approximate surface area is 273 Å². The summed E-state index contributed by atoms with van der Waals surface area (Å²) < 4.78 is 7.65. The maximum atomic E-state index is 13.9. The molecule has 0 spiro atoms. The number of pyridine rings is 1. The fourth-order valence-corrected chi connectivity index (χ4v) is 8.33. The number of rotatable bonds is 7. The number of carbonyl (C=O) groups excluding carboxylic acids is 1. The molecule has 0 radical (unpaired) electrons. The zero-order chi connectivity index (χ0) is 31.9. The van der Waals surface area contributed by atoms with Crippen LogP contribution in [0.2, 0.25) is 0 Å². The van der Waals surface area contributed by atoms with Gasteiger partial charge in [0.1, 0.15) is 6.54 Å². The van der Waals surface area contributed by atoms with Crippen molar-refractivity contribution in [2.45, 2.75) is 71.8 Å². The first kappa shape index (κ1) is 30.6. The third kappa shape index (κ3) is 5.60. The Hall–Kier alpha value is -4.08. The van der Waals surface area contributed by atoms with Crippen molar-refractivity contribution >= 4 is 45.0 Å². The van der Waals surface area contributed by atoms with Gasteiger partial charge in [0, 0.05) is 29.4 Å². The average Bonchev–Trinajstić information content (AvgIpc) is 3.59. The quantitative estimate of drug-likeness (QED) is 0.196. The van der Waals surface area contributed by atoms with Gasteiger partial charge in [0.05, 0.1) is 56.8 Å². The van der Waals surface area contributed by atoms with Crippen LogP contribution < -0.4 is 0 Å². The van der Waals surface area contributed by atoms with Crippen LogP contribution in [0, 0.1) is 13.8 Å². The Morgan fingerprint density at radius 2 is 1.78 bits per heavy atom. The number of ether oxygens (including phenoxy) is 1. The van der Waals surface area contributed by atoms with Crippen LogP contribution in [-0.4, -0.2) is 62.7 Å². The van der Waals surface area contributed by atoms with Crippen LogP contribution >= 0.6 is 11.3 Å². The summed E-state index contributed by atoms with van der Waals surface area (Å²) in [6.07, 6.45) is 6.51. The summed E-state index contributed by atoms with van der Waals surface area (Å²) in [5.74, 6) is -0.610. The smallest absolute Gasteiger partial charge is 0.335 e. The minimum atomic E-state index is -0.969. The number of hydrogen-bond acceptors (Lipinski definition) is 6. The molecule has 1 saturated heterocycles. The van der Waals surface area contributed by atoms with Crippen LogP contribution in [0.4, 0.5) is 0 Å². The molecule has 1 aliphatic heterocycles. The minimum absolute atomic E-state index is 0.0257. The lowest BCUT2D eigenvalue weighted by Gasteiger charge is -2.28. The van der Waals surface area contributed by atoms with Crippen molar-refractivity contribution in [1.82, 2.24) is 19.4 Å². The zero-order valence-electron chi connectivity index (χ0n) is 26.8. The number of fused-ring (bicyclic) bond motifs is 2. The molecule has 4 heterocycles. The van der Waals surface area contributed by atoms with Crippen molar-refractivity contribution in [3.05, 3.63) is 69.9 Å². The standard InChI is InChI=1S/C37H40N4O4S/c1-4-24-19-31-26(11-13-30(39-31)36-22(2)38-23(3)46-36)18-29(24)35-34(25-8-6-5-7-9-25)28-12-10-27(37(43)44)20-32(28)41(35)21-33(42)40-14-16-45-17-15-40/h10-13,18-20,25H,4-9,14-17,21H2,1-3H3,(H,43,44). The van der Waals surface area contributed by atoms with Gasteiger partial charge >= 0.3 is 5.97 Å². The van der Waals surface area contributed by atoms with Crippen molar-refractivity contribution < 1.29 is 19.4 Å². The number of benzene rings is 2. The van der Waals surface area contributed by atoms with Crippen LogP contribution in [0.15, 0.2) is 42.5 Å². The topological polar surface area (TPSA) is 97.5 Å². The molecule has 2 aromatic carbocycles. The summed E-state index contributed by atoms with van der Waals surface area (Å²) in [7, 11) is 0. The highest BCUT2D eigenvalue weighted by atomic mass is 32.1. The second-order valence-corrected chi connectivity index (χ2v) is 13.8. The zero-order valence-corrected chi connectivity index (χ0v) is 27.6. The van der Waals surface area contributed by atoms with E-state index in [9.17, 15) is 14.7 Å². The monoisotopic (exact) mass is 636 g/mol. The van der Waals surface area contributed by atoms with Crippen molar-refractivity contribution in [2.75, 3.05) is 26.3 Å². The molecule has 1 N–H and O–H groups in total. The second-order valence-electron chi connectivity index (χ2n) is 12.6. The van der Waals surface area contributed by atoms with Crippen LogP contribution in [-0.2, 0) is 22.5 Å². The molecule has 3 aromatic heterocycles. The van der Waals surface area contributed by atoms with Crippen molar-refractivity contribution in [3.8, 4) is 21.8 Å². The van der Waals surface area contributed by atoms with Gasteiger partial charge in [-0.2, -0.15) is 0 Å². The second kappa shape index (κ2) is 12.6. The number of aromatic nitrogens is 3. The van der Waals surface area contributed by atoms with Crippen LogP contribution in [0.5, 0.6) is 0 Å². The molecule has 238 valence electrons. The molecule has 9 heteroatoms. The molecule has 0 unspecified atom stereocenters. The lowest BCUT2D eigenvalue weighted by atomic mass is 9.81. The lowest BCUT2D eigenvalue weighted by Crippen LogP contribution is -2.42. The number of nitrogens with zero attached hydrogens (tertiary/aromatic N) is 4. The maximum absolute atomic E-state index is 13.9. The molecule has 5 aromatic rings. The number of carboxylic acid groups (broad SMARTS) is 1. The van der Waals surface area contributed by atoms with E-state index in [4.69, 9.17) is 9.72 Å². The number of carboxylic acids is 1. The summed E-state index contributed by atoms with van der Waals surface area (Å²) in [6, 6.07) is 14.1. The first-order valence-electron chi connectivity index (χ1n) is 16.5. The van der Waals surface area contributed by atoms with E-state index in [1.807, 2.05) is 24.8 Å². The molecule has 1 saturated carbocycles. The molecule has 8 nitrogen and oxygen atoms in total. The largest absolute Gasteiger partial charge is 0.478 e. The highest BCUT2D eigenvalue weighted by molar-refractivity contribution is 7.15. The van der Waals surface area contributed by atoms with Crippen LogP contribution in [0.25, 0.3) is 43.6 Å². The first-order chi connectivity index (χ1) is 22.3. The van der Waals surface area contributed by atoms with E-state index in [0.717, 1.165) is 92.0 Å². The molecule has 2 fully saturated rings. The number of morpholine rings is 1. The fourth-order valence-electron chi connectivity index (χ4n) is 7.44. The maximum Gasteiger partial charge on any atom is 0.335 e. The normalized spacial score (nSPS) is 16.0. The van der Waals surface area contributed by atoms with E-state index >= 15 is 0 Å². The SMILES string of the molecule is CCc1cc2nc(-c3sc(C)nc3C)ccc2cc1-c1c(C2CCCCC2)c2ccc(C(=O)O)cc2n1CC(=O)N1CCOCC1. The Kier molecular flexibility index (Phi) is 8.38. The predicted octanol–water partition coefficient (Wildman–Crippen LogP) is 7.76. The van der Waals surface area contributed by atoms with Crippen molar-refractivity contribution in [1.29, 1.82) is 0 Å². The fraction of sp³-hybridized carbons (Fsp3) is 0.405. The van der Waals surface area contributed by atoms with Gasteiger partial charge in [0.25, 0.3) is 0 Å². The molecule has 2 aliphatic rings. The summed E-state index contributed by atoms with van der Waals surface area (Å²) in [6.45, 7) is 8.55. The Morgan fingerprint density at radius 3 is 2.48 bits per heavy atom. The van der Waals surface area contributed by atoms with Crippen molar-refractivity contribution in [2.24, 2.45) is 0 Å². The van der Waals surface area contributed by atoms with Crippen LogP contribution in [0.3, 0.4) is 0 Å². The summed E-state index contributed by atoms with van der Waals surface area (Å²) >= 11 is 1.67. The molecule has 0 bridgehead atoms. The van der Waals surface area contributed by atoms with Gasteiger partial charge < -0.3 is 19.3 Å². The predicted molar refractivity (Wildman–Crippen MR) is 183 cm³/mol. The number of thiazole rings is 1. The molecule has 46 heavy (non-hydrogen) atoms. The van der Waals surface area contributed by atoms with E-state index in [-0.39, 0.29) is 18.0 Å². The van der Waals surface area contributed by atoms with Gasteiger partial charge in [0.15, 0.2) is 0 Å². The van der Waals surface area contributed by atoms with Gasteiger partial charge in [-0.05, 0) is 80.5 Å². The van der Waals surface area contributed by atoms with Gasteiger partial charge in [-0.1, -0.05) is 38.3 Å². The van der Waals surface area contributed by atoms with E-state index < -0.39 is 5.97 Å². The van der Waals surface area contributed by atoms with Gasteiger partial charge in [0.2, 0.25) is 5.91 Å². The minimum Gasteiger partial charge on any atom is -0.478 e. The Morgan fingerprint density at radius 1 is 1.00 bits per heavy atom. The Balaban J connectivity index is 1.46. The number of aryl methyl sites for hydroxylation is 3. The van der Waals surface area contributed by atoms with Gasteiger partial charge in [-0.15, -0.1) is 11.3 Å². The summed E-state index contributed by atoms with van der Waals surface area (Å²) in [5, 5.41) is 13.1. The lowest BCUT2D eigenvalue weighted by molar-refractivity contribution is -0.135. The number of aromatic carboxylic acids is 1. The van der Waals surface area contributed by atoms with Crippen LogP contribution in [0.1, 0.15) is 77.1 Å². The molecule has 1 amide bonds. The average molecular weight is 637 g/mol. The third-order valence-corrected chi connectivity index (χ3v) is 10.8. The van der Waals surface area contributed by atoms with Crippen molar-refractivity contribution in [3.63, 3.8) is 0 Å². The highest BCUT2D eigenvalue weighted by Crippen LogP contribution is 2.46. The number of hydrogen-bond donors (Lipinski definition) is 1. The summed E-state index contributed by atoms with van der Waals surface area (Å²) in [4.78, 5) is 38.8. The van der Waals surface area contributed by atoms with E-state index in [1.54, 1.807) is 23.5 Å². The molecule has 1 aliphatic carbocycles. The third-order valence-electron chi connectivity index (χ3n) is 9.71. The van der Waals surface area contributed by atoms with E-state index in [0.29, 0.717) is 32.2 Å². The summed E-state index contributed by atoms with van der Waals surface area (Å²) in [5.41, 5.74) is 8.44. The Bertz CT molecular complexity index is 1960. The van der Waals surface area contributed by atoms with E-state index in [1.165, 1.54) is 12.0 Å². The van der Waals surface area contributed by atoms with E-state index in [2.05, 4.69) is 40.7 Å². The molecule has 7 rings (SSSR count).